The average Bonchev–Trinajstić information content (AvgIpc) is 1.09. The predicted octanol–water partition coefficient (Wildman–Crippen LogP) is 6.10. The lowest BCUT2D eigenvalue weighted by Gasteiger charge is -2.36. The highest BCUT2D eigenvalue weighted by atomic mass is 79.9. The van der Waals surface area contributed by atoms with Crippen LogP contribution in [0.4, 0.5) is 0 Å². The van der Waals surface area contributed by atoms with Gasteiger partial charge in [-0.3, -0.25) is 53.8 Å². The molecule has 3 saturated heterocycles. The lowest BCUT2D eigenvalue weighted by atomic mass is 9.98. The van der Waals surface area contributed by atoms with Crippen LogP contribution in [0.15, 0.2) is 70.0 Å². The van der Waals surface area contributed by atoms with Gasteiger partial charge in [-0.25, -0.2) is 9.55 Å². The number of likely N-dealkylation sites (N-methyl/N-ethyl adjacent to an activating group) is 1. The molecule has 4 amide bonds. The molecule has 3 fully saturated rings. The molecule has 0 radical (unpaired) electrons. The summed E-state index contributed by atoms with van der Waals surface area (Å²) in [5.74, 6) is 5.18. The third-order valence-electron chi connectivity index (χ3n) is 25.7. The third kappa shape index (κ3) is 59.1. The molecule has 24 N–H and O–H groups in total. The van der Waals surface area contributed by atoms with Crippen LogP contribution in [-0.2, 0) is 20.9 Å². The second-order valence-electron chi connectivity index (χ2n) is 38.8. The van der Waals surface area contributed by atoms with E-state index in [1.54, 1.807) is 6.20 Å². The van der Waals surface area contributed by atoms with Crippen LogP contribution in [-0.4, -0.2) is 249 Å². The van der Waals surface area contributed by atoms with Crippen LogP contribution in [0.3, 0.4) is 0 Å². The van der Waals surface area contributed by atoms with Crippen molar-refractivity contribution in [1.82, 2.24) is 50.8 Å². The topological polar surface area (TPSA) is 456 Å². The number of nitrogens with one attached hydrogen (secondary N) is 4. The smallest absolute Gasteiger partial charge is 0.271 e. The second kappa shape index (κ2) is 77.8. The number of aliphatic imine (C=N–C) groups is 3. The van der Waals surface area contributed by atoms with E-state index in [2.05, 4.69) is 233 Å². The Morgan fingerprint density at radius 2 is 0.902 bits per heavy atom. The molecule has 29 nitrogen and oxygen atoms in total. The molecule has 3 aliphatic heterocycles. The van der Waals surface area contributed by atoms with Crippen molar-refractivity contribution >= 4 is 52.5 Å². The fourth-order valence-electron chi connectivity index (χ4n) is 17.0. The van der Waals surface area contributed by atoms with E-state index in [9.17, 15) is 19.2 Å². The number of hydrogen-bond donors (Lipinski definition) is 14. The number of aromatic nitrogens is 3. The Balaban J connectivity index is -0.00000154. The van der Waals surface area contributed by atoms with Crippen LogP contribution >= 0.6 is 0 Å². The summed E-state index contributed by atoms with van der Waals surface area (Å²) < 4.78 is 3.55. The van der Waals surface area contributed by atoms with Gasteiger partial charge in [0.05, 0.1) is 61.5 Å². The highest BCUT2D eigenvalue weighted by Gasteiger charge is 2.36. The second-order valence-corrected chi connectivity index (χ2v) is 38.8. The number of halogens is 2. The summed E-state index contributed by atoms with van der Waals surface area (Å²) in [6, 6.07) is 12.8. The summed E-state index contributed by atoms with van der Waals surface area (Å²) in [6.45, 7) is 61.8. The number of hydrogen-bond acceptors (Lipinski definition) is 17. The number of nitrogens with zero attached hydrogens (tertiary/aromatic N) is 11. The number of nitrogens with two attached hydrogens (primary N) is 10. The van der Waals surface area contributed by atoms with Gasteiger partial charge < -0.3 is 117 Å². The van der Waals surface area contributed by atoms with Gasteiger partial charge in [0.1, 0.15) is 12.2 Å². The molecule has 31 heteroatoms. The normalized spacial score (nSPS) is 16.3. The summed E-state index contributed by atoms with van der Waals surface area (Å²) in [6.07, 6.45) is 32.4. The number of unbranched alkanes of at least 4 members (excludes halogenated alkanes) is 3. The Morgan fingerprint density at radius 3 is 1.27 bits per heavy atom. The lowest BCUT2D eigenvalue weighted by Crippen LogP contribution is -3.00. The lowest BCUT2D eigenvalue weighted by molar-refractivity contribution is -0.923. The molecular weight excluding hydrogens is 1740 g/mol. The molecule has 1 aromatic carbocycles. The number of carbonyl (C=O) groups excluding carboxylic acids is 4. The number of benzene rings is 1. The van der Waals surface area contributed by atoms with Crippen LogP contribution in [0.25, 0.3) is 11.0 Å². The zero-order valence-corrected chi connectivity index (χ0v) is 88.3. The molecule has 3 aromatic rings. The first-order chi connectivity index (χ1) is 61.5. The first-order valence-corrected chi connectivity index (χ1v) is 50.7. The average molecular weight is 1950 g/mol. The van der Waals surface area contributed by atoms with E-state index in [0.717, 1.165) is 211 Å². The van der Waals surface area contributed by atoms with Crippen molar-refractivity contribution in [2.45, 2.75) is 354 Å². The maximum absolute atomic E-state index is 12.9. The van der Waals surface area contributed by atoms with Crippen molar-refractivity contribution in [1.29, 1.82) is 0 Å². The molecule has 0 bridgehead atoms. The first-order valence-electron chi connectivity index (χ1n) is 50.7. The van der Waals surface area contributed by atoms with Crippen molar-refractivity contribution in [3.8, 4) is 0 Å². The highest BCUT2D eigenvalue weighted by molar-refractivity contribution is 5.94. The largest absolute Gasteiger partial charge is 1.00 e. The zero-order chi connectivity index (χ0) is 96.7. The standard InChI is InChI=1S/2C20H42N6O.C19H41N7O.C18H26N4O.C12H28N.C11H18N.CH4.BrH.ClH/c2*1-15(2)17(9-6-12-24-20(22)23)25-19(27)18-10-7-13-26(18)14-16(3)8-4-5-11-21;1-14(2)16(8-5-11-24-19(22)23)25-18(27)17-9-6-12-26(17)13-15(21)7-3-4-10-20;1-5-22(6-2)10-9-19-18(23)17-12-20-16-11-14(13(3)4)7-8-15(16)21-17;1-6-13(7-2,8-3)11-9-10-12(4)5;1-11(2)7-6-10-12-8-4-3-5-9-12;;;/h2*15-18H,4-14,21H2,1-3H3,(H,25,27)(H4,22,23,24);14-17H,3-13,20-21H2,1-2H3,(H,25,27)(H4,22,23,24);7-8,11-13H,5-6,9-10H2,1-4H3,(H,19,23);12H,6-11H2,1-5H3;3-5,8-9,11H,6-7,10H2,1-2H3;1H4;2*1H/q;;;;2*+1;;;/p-2/t16?,17-,18?;16-,17+,18?;15-,16-,17?;;;;;;/m010....../s1. The number of pyridine rings is 1. The summed E-state index contributed by atoms with van der Waals surface area (Å²) in [4.78, 5) is 81.1. The molecule has 9 atom stereocenters. The van der Waals surface area contributed by atoms with Gasteiger partial charge in [-0.15, -0.1) is 0 Å². The molecule has 0 spiro atoms. The monoisotopic (exact) mass is 1940 g/mol. The summed E-state index contributed by atoms with van der Waals surface area (Å²) in [5, 5.41) is 12.8. The van der Waals surface area contributed by atoms with Gasteiger partial charge in [-0.2, -0.15) is 0 Å². The van der Waals surface area contributed by atoms with E-state index in [0.29, 0.717) is 73.9 Å². The van der Waals surface area contributed by atoms with E-state index in [-0.39, 0.29) is 121 Å². The van der Waals surface area contributed by atoms with E-state index in [4.69, 9.17) is 57.3 Å². The Labute approximate surface area is 821 Å². The Bertz CT molecular complexity index is 3250. The third-order valence-corrected chi connectivity index (χ3v) is 25.7. The maximum atomic E-state index is 12.9. The van der Waals surface area contributed by atoms with E-state index in [1.807, 2.05) is 18.2 Å². The van der Waals surface area contributed by atoms with Crippen molar-refractivity contribution in [2.24, 2.45) is 114 Å². The quantitative estimate of drug-likeness (QED) is 0.00997. The molecule has 132 heavy (non-hydrogen) atoms. The number of likely N-dealkylation sites (tertiary alicyclic amines) is 3. The number of amides is 4. The Morgan fingerprint density at radius 1 is 0.508 bits per heavy atom. The molecule has 5 heterocycles. The van der Waals surface area contributed by atoms with E-state index >= 15 is 0 Å². The molecule has 4 unspecified atom stereocenters. The highest BCUT2D eigenvalue weighted by Crippen LogP contribution is 2.26. The predicted molar refractivity (Wildman–Crippen MR) is 551 cm³/mol. The fraction of sp³-hybridized carbons (Fsp3) is 0.802. The van der Waals surface area contributed by atoms with Gasteiger partial charge in [0, 0.05) is 95.1 Å². The van der Waals surface area contributed by atoms with Gasteiger partial charge in [0.15, 0.2) is 30.3 Å². The first kappa shape index (κ1) is 130. The molecule has 6 rings (SSSR count). The van der Waals surface area contributed by atoms with Crippen molar-refractivity contribution < 1.29 is 57.6 Å². The molecule has 0 saturated carbocycles. The van der Waals surface area contributed by atoms with Crippen LogP contribution < -0.4 is 113 Å². The molecule has 3 aliphatic rings. The number of rotatable bonds is 57. The van der Waals surface area contributed by atoms with Crippen molar-refractivity contribution in [2.75, 3.05) is 131 Å². The zero-order valence-electron chi connectivity index (χ0n) is 86.0. The van der Waals surface area contributed by atoms with Crippen LogP contribution in [0.1, 0.15) is 321 Å². The number of aryl methyl sites for hydroxylation is 1. The van der Waals surface area contributed by atoms with Crippen molar-refractivity contribution in [3.63, 3.8) is 0 Å². The SMILES string of the molecule is C.CC(C)CCC[n+]1ccccc1.CC(C)[C@H](CCCN=C(N)N)NC(=O)C1CCCN1C[C@@H](N)CCCCN.CC(C)[C@H](CCCN=C(N)N)NC(=O)C1CCCN1C[C@H](C)CCCCN.CC(CCCCN)CN1CCCC1C(=O)N[C@@H](CCCN=C(N)N)C(C)C.CCN(CC)CCNC(=O)c1cnc2cc(C(C)C)ccc2n1.CC[N+](CC)(CC)CCCC(C)C.[Br-].[Cl-]. The van der Waals surface area contributed by atoms with Crippen molar-refractivity contribution in [3.05, 3.63) is 66.2 Å². The fourth-order valence-corrected chi connectivity index (χ4v) is 17.0. The number of fused-ring (bicyclic) bond motifs is 1. The van der Waals surface area contributed by atoms with E-state index in [1.165, 1.54) is 87.6 Å². The van der Waals surface area contributed by atoms with Gasteiger partial charge in [-0.05, 0) is 273 Å². The van der Waals surface area contributed by atoms with Gasteiger partial charge in [0.25, 0.3) is 5.91 Å². The molecular formula is C101H201BrClN25O4. The van der Waals surface area contributed by atoms with Gasteiger partial charge in [0.2, 0.25) is 17.7 Å². The Hall–Kier alpha value is -6.19. The Kier molecular flexibility index (Phi) is 76.6. The number of carbonyl (C=O) groups is 4. The van der Waals surface area contributed by atoms with Crippen LogP contribution in [0, 0.1) is 41.4 Å². The summed E-state index contributed by atoms with van der Waals surface area (Å²) in [7, 11) is 0. The maximum Gasteiger partial charge on any atom is 0.271 e. The minimum Gasteiger partial charge on any atom is -1.00 e. The minimum absolute atomic E-state index is 0. The van der Waals surface area contributed by atoms with E-state index < -0.39 is 0 Å². The number of quaternary nitrogens is 1. The summed E-state index contributed by atoms with van der Waals surface area (Å²) >= 11 is 0. The van der Waals surface area contributed by atoms with Gasteiger partial charge >= 0.3 is 0 Å². The van der Waals surface area contributed by atoms with Crippen LogP contribution in [0.5, 0.6) is 0 Å². The number of guanidine groups is 3. The van der Waals surface area contributed by atoms with Crippen LogP contribution in [0.2, 0.25) is 0 Å². The molecule has 2 aromatic heterocycles. The minimum atomic E-state index is -0.167. The summed E-state index contributed by atoms with van der Waals surface area (Å²) in [5.41, 5.74) is 58.4. The molecule has 0 aliphatic carbocycles. The molecule has 768 valence electrons. The van der Waals surface area contributed by atoms with Gasteiger partial charge in [-0.1, -0.05) is 150 Å².